The number of azide groups is 1. The molecule has 4 nitrogen and oxygen atoms in total. The fourth-order valence-corrected chi connectivity index (χ4v) is 0.771. The van der Waals surface area contributed by atoms with Crippen molar-refractivity contribution in [1.82, 2.24) is 4.90 Å². The summed E-state index contributed by atoms with van der Waals surface area (Å²) >= 11 is 0. The molecule has 10 heavy (non-hydrogen) atoms. The van der Waals surface area contributed by atoms with Crippen molar-refractivity contribution in [3.63, 3.8) is 0 Å². The van der Waals surface area contributed by atoms with Crippen LogP contribution in [0, 0.1) is 0 Å². The molecule has 0 heterocycles. The monoisotopic (exact) mass is 142 g/mol. The summed E-state index contributed by atoms with van der Waals surface area (Å²) in [6.45, 7) is 7.70. The van der Waals surface area contributed by atoms with E-state index in [1.807, 2.05) is 0 Å². The molecule has 0 aromatic carbocycles. The molecule has 58 valence electrons. The zero-order chi connectivity index (χ0) is 7.82. The first-order chi connectivity index (χ1) is 4.85. The van der Waals surface area contributed by atoms with E-state index >= 15 is 0 Å². The summed E-state index contributed by atoms with van der Waals surface area (Å²) in [4.78, 5) is 4.89. The highest BCUT2D eigenvalue weighted by Crippen LogP contribution is 1.85. The van der Waals surface area contributed by atoms with Crippen LogP contribution in [0.25, 0.3) is 10.4 Å². The summed E-state index contributed by atoms with van der Waals surface area (Å²) < 4.78 is 0. The molecular formula is C6H14N4. The zero-order valence-corrected chi connectivity index (χ0v) is 6.62. The van der Waals surface area contributed by atoms with Gasteiger partial charge in [-0.3, -0.25) is 0 Å². The van der Waals surface area contributed by atoms with Gasteiger partial charge in [0.05, 0.1) is 0 Å². The van der Waals surface area contributed by atoms with Crippen LogP contribution in [0.4, 0.5) is 0 Å². The first-order valence-electron chi connectivity index (χ1n) is 3.58. The lowest BCUT2D eigenvalue weighted by molar-refractivity contribution is 0.312. The van der Waals surface area contributed by atoms with Crippen molar-refractivity contribution >= 4 is 0 Å². The van der Waals surface area contributed by atoms with Gasteiger partial charge in [0.25, 0.3) is 0 Å². The molecule has 0 N–H and O–H groups in total. The lowest BCUT2D eigenvalue weighted by atomic mass is 10.5. The van der Waals surface area contributed by atoms with Gasteiger partial charge in [-0.2, -0.15) is 0 Å². The summed E-state index contributed by atoms with van der Waals surface area (Å²) in [5, 5.41) is 3.45. The normalized spacial score (nSPS) is 9.50. The standard InChI is InChI=1S/C6H14N4/c1-3-10(4-2)6-5-8-9-7/h3-6H2,1-2H3. The van der Waals surface area contributed by atoms with E-state index < -0.39 is 0 Å². The predicted molar refractivity (Wildman–Crippen MR) is 41.8 cm³/mol. The van der Waals surface area contributed by atoms with Crippen LogP contribution in [0.1, 0.15) is 13.8 Å². The molecule has 4 heteroatoms. The van der Waals surface area contributed by atoms with Crippen LogP contribution < -0.4 is 0 Å². The van der Waals surface area contributed by atoms with Gasteiger partial charge in [0.1, 0.15) is 0 Å². The fourth-order valence-electron chi connectivity index (χ4n) is 0.771. The van der Waals surface area contributed by atoms with Gasteiger partial charge >= 0.3 is 0 Å². The van der Waals surface area contributed by atoms with Crippen molar-refractivity contribution < 1.29 is 0 Å². The summed E-state index contributed by atoms with van der Waals surface area (Å²) in [6, 6.07) is 0. The van der Waals surface area contributed by atoms with E-state index in [9.17, 15) is 0 Å². The number of rotatable bonds is 5. The minimum atomic E-state index is 0.582. The van der Waals surface area contributed by atoms with Crippen LogP contribution >= 0.6 is 0 Å². The second kappa shape index (κ2) is 6.39. The number of hydrogen-bond acceptors (Lipinski definition) is 2. The Morgan fingerprint density at radius 3 is 2.40 bits per heavy atom. The second-order valence-corrected chi connectivity index (χ2v) is 1.98. The summed E-state index contributed by atoms with van der Waals surface area (Å²) in [5.41, 5.74) is 7.96. The molecule has 0 bridgehead atoms. The van der Waals surface area contributed by atoms with Gasteiger partial charge in [0.15, 0.2) is 0 Å². The number of nitrogens with zero attached hydrogens (tertiary/aromatic N) is 4. The second-order valence-electron chi connectivity index (χ2n) is 1.98. The molecule has 0 fully saturated rings. The van der Waals surface area contributed by atoms with Gasteiger partial charge in [0.2, 0.25) is 0 Å². The maximum Gasteiger partial charge on any atom is 0.0385 e. The third-order valence-electron chi connectivity index (χ3n) is 1.47. The minimum Gasteiger partial charge on any atom is -0.304 e. The van der Waals surface area contributed by atoms with Crippen molar-refractivity contribution in [2.45, 2.75) is 13.8 Å². The summed E-state index contributed by atoms with van der Waals surface area (Å²) in [6.07, 6.45) is 0. The van der Waals surface area contributed by atoms with Crippen LogP contribution in [0.5, 0.6) is 0 Å². The Morgan fingerprint density at radius 1 is 1.40 bits per heavy atom. The Kier molecular flexibility index (Phi) is 5.92. The van der Waals surface area contributed by atoms with E-state index in [2.05, 4.69) is 28.8 Å². The molecule has 0 spiro atoms. The molecule has 0 saturated heterocycles. The lowest BCUT2D eigenvalue weighted by Crippen LogP contribution is -2.25. The Balaban J connectivity index is 3.34. The molecule has 0 atom stereocenters. The topological polar surface area (TPSA) is 52.0 Å². The first kappa shape index (κ1) is 9.27. The third kappa shape index (κ3) is 4.18. The SMILES string of the molecule is CCN(CC)CCN=[N+]=[N-]. The average Bonchev–Trinajstić information content (AvgIpc) is 1.99. The van der Waals surface area contributed by atoms with Crippen molar-refractivity contribution in [2.75, 3.05) is 26.2 Å². The minimum absolute atomic E-state index is 0.582. The summed E-state index contributed by atoms with van der Waals surface area (Å²) in [5.74, 6) is 0. The number of likely N-dealkylation sites (N-methyl/N-ethyl adjacent to an activating group) is 1. The molecule has 0 unspecified atom stereocenters. The maximum atomic E-state index is 7.96. The molecule has 0 aromatic rings. The summed E-state index contributed by atoms with van der Waals surface area (Å²) in [7, 11) is 0. The highest BCUT2D eigenvalue weighted by Gasteiger charge is 1.94. The average molecular weight is 142 g/mol. The van der Waals surface area contributed by atoms with E-state index in [1.165, 1.54) is 0 Å². The number of hydrogen-bond donors (Lipinski definition) is 0. The predicted octanol–water partition coefficient (Wildman–Crippen LogP) is 1.64. The molecule has 0 aliphatic carbocycles. The van der Waals surface area contributed by atoms with Gasteiger partial charge in [-0.15, -0.1) is 0 Å². The molecule has 0 amide bonds. The quantitative estimate of drug-likeness (QED) is 0.327. The van der Waals surface area contributed by atoms with Crippen molar-refractivity contribution in [3.8, 4) is 0 Å². The first-order valence-corrected chi connectivity index (χ1v) is 3.58. The Hall–Kier alpha value is -0.730. The van der Waals surface area contributed by atoms with E-state index in [0.29, 0.717) is 6.54 Å². The van der Waals surface area contributed by atoms with Crippen molar-refractivity contribution in [1.29, 1.82) is 0 Å². The van der Waals surface area contributed by atoms with Crippen molar-refractivity contribution in [2.24, 2.45) is 5.11 Å². The van der Waals surface area contributed by atoms with Gasteiger partial charge in [-0.1, -0.05) is 19.0 Å². The van der Waals surface area contributed by atoms with E-state index in [0.717, 1.165) is 19.6 Å². The van der Waals surface area contributed by atoms with E-state index in [1.54, 1.807) is 0 Å². The highest BCUT2D eigenvalue weighted by atomic mass is 15.2. The van der Waals surface area contributed by atoms with Crippen LogP contribution in [-0.4, -0.2) is 31.1 Å². The molecule has 0 radical (unpaired) electrons. The van der Waals surface area contributed by atoms with Gasteiger partial charge in [-0.05, 0) is 18.6 Å². The maximum absolute atomic E-state index is 7.96. The Morgan fingerprint density at radius 2 is 2.00 bits per heavy atom. The van der Waals surface area contributed by atoms with Crippen LogP contribution in [0.3, 0.4) is 0 Å². The largest absolute Gasteiger partial charge is 0.304 e. The smallest absolute Gasteiger partial charge is 0.0385 e. The Bertz CT molecular complexity index is 113. The fraction of sp³-hybridized carbons (Fsp3) is 1.00. The Labute approximate surface area is 61.5 Å². The van der Waals surface area contributed by atoms with Crippen LogP contribution in [-0.2, 0) is 0 Å². The molecule has 0 aliphatic rings. The zero-order valence-electron chi connectivity index (χ0n) is 6.62. The third-order valence-corrected chi connectivity index (χ3v) is 1.47. The van der Waals surface area contributed by atoms with Gasteiger partial charge in [-0.25, -0.2) is 0 Å². The molecular weight excluding hydrogens is 128 g/mol. The van der Waals surface area contributed by atoms with Gasteiger partial charge < -0.3 is 4.90 Å². The van der Waals surface area contributed by atoms with Gasteiger partial charge in [0, 0.05) is 18.0 Å². The molecule has 0 saturated carbocycles. The van der Waals surface area contributed by atoms with E-state index in [4.69, 9.17) is 5.53 Å². The van der Waals surface area contributed by atoms with E-state index in [-0.39, 0.29) is 0 Å². The van der Waals surface area contributed by atoms with Crippen molar-refractivity contribution in [3.05, 3.63) is 10.4 Å². The molecule has 0 rings (SSSR count). The van der Waals surface area contributed by atoms with Crippen LogP contribution in [0.2, 0.25) is 0 Å². The lowest BCUT2D eigenvalue weighted by Gasteiger charge is -2.15. The molecule has 0 aromatic heterocycles. The molecule has 0 aliphatic heterocycles. The highest BCUT2D eigenvalue weighted by molar-refractivity contribution is 4.54. The van der Waals surface area contributed by atoms with Crippen LogP contribution in [0.15, 0.2) is 5.11 Å².